The number of hydrogen-bond donors (Lipinski definition) is 2. The average molecular weight is 401 g/mol. The van der Waals surface area contributed by atoms with E-state index >= 15 is 0 Å². The van der Waals surface area contributed by atoms with Crippen molar-refractivity contribution in [1.82, 2.24) is 9.97 Å². The van der Waals surface area contributed by atoms with Crippen molar-refractivity contribution in [2.24, 2.45) is 5.73 Å². The third-order valence-corrected chi connectivity index (χ3v) is 4.94. The second-order valence-electron chi connectivity index (χ2n) is 6.61. The molecule has 3 rings (SSSR count). The van der Waals surface area contributed by atoms with E-state index in [4.69, 9.17) is 22.7 Å². The fourth-order valence-corrected chi connectivity index (χ4v) is 3.43. The van der Waals surface area contributed by atoms with Crippen molar-refractivity contribution in [2.45, 2.75) is 37.6 Å². The van der Waals surface area contributed by atoms with Crippen LogP contribution in [0.15, 0.2) is 6.07 Å². The van der Waals surface area contributed by atoms with Crippen LogP contribution in [-0.4, -0.2) is 64.4 Å². The van der Waals surface area contributed by atoms with E-state index in [0.29, 0.717) is 32.1 Å². The summed E-state index contributed by atoms with van der Waals surface area (Å²) in [5, 5.41) is 9.72. The average Bonchev–Trinajstić information content (AvgIpc) is 2.63. The van der Waals surface area contributed by atoms with Crippen molar-refractivity contribution in [1.29, 1.82) is 0 Å². The Kier molecular flexibility index (Phi) is 5.70. The standard InChI is InChI=1S/C16H21F2N5O3S/c17-16(18)3-1-10(2-4-16)23(15(24)25)12-9-11(20-14(21-12)13(19)27)22-5-7-26-8-6-22/h9-10H,1-8H2,(H2,19,27)(H,24,25). The molecule has 1 aromatic heterocycles. The summed E-state index contributed by atoms with van der Waals surface area (Å²) in [4.78, 5) is 23.3. The topological polar surface area (TPSA) is 105 Å². The summed E-state index contributed by atoms with van der Waals surface area (Å²) >= 11 is 4.97. The maximum atomic E-state index is 13.5. The number of nitrogens with zero attached hydrogens (tertiary/aromatic N) is 4. The van der Waals surface area contributed by atoms with Gasteiger partial charge in [-0.05, 0) is 12.8 Å². The van der Waals surface area contributed by atoms with Gasteiger partial charge in [-0.3, -0.25) is 4.90 Å². The lowest BCUT2D eigenvalue weighted by atomic mass is 9.91. The zero-order valence-corrected chi connectivity index (χ0v) is 15.4. The summed E-state index contributed by atoms with van der Waals surface area (Å²) in [6, 6.07) is 0.947. The Bertz CT molecular complexity index is 720. The molecule has 1 aliphatic heterocycles. The minimum absolute atomic E-state index is 0.0522. The van der Waals surface area contributed by atoms with E-state index in [-0.39, 0.29) is 42.3 Å². The lowest BCUT2D eigenvalue weighted by Gasteiger charge is -2.35. The molecule has 8 nitrogen and oxygen atoms in total. The van der Waals surface area contributed by atoms with Gasteiger partial charge in [-0.2, -0.15) is 0 Å². The Balaban J connectivity index is 1.94. The quantitative estimate of drug-likeness (QED) is 0.739. The van der Waals surface area contributed by atoms with E-state index < -0.39 is 18.1 Å². The molecule has 2 aliphatic rings. The van der Waals surface area contributed by atoms with Crippen LogP contribution in [0, 0.1) is 0 Å². The third-order valence-electron chi connectivity index (χ3n) is 4.76. The highest BCUT2D eigenvalue weighted by Crippen LogP contribution is 2.36. The first kappa shape index (κ1) is 19.6. The summed E-state index contributed by atoms with van der Waals surface area (Å²) in [7, 11) is 0. The first-order valence-electron chi connectivity index (χ1n) is 8.68. The summed E-state index contributed by atoms with van der Waals surface area (Å²) in [6.07, 6.45) is -1.86. The molecule has 1 amide bonds. The predicted molar refractivity (Wildman–Crippen MR) is 98.7 cm³/mol. The van der Waals surface area contributed by atoms with Gasteiger partial charge in [0.15, 0.2) is 5.82 Å². The van der Waals surface area contributed by atoms with E-state index in [2.05, 4.69) is 9.97 Å². The van der Waals surface area contributed by atoms with Crippen LogP contribution in [0.4, 0.5) is 25.2 Å². The van der Waals surface area contributed by atoms with E-state index in [0.717, 1.165) is 4.90 Å². The van der Waals surface area contributed by atoms with Crippen molar-refractivity contribution in [3.05, 3.63) is 11.9 Å². The van der Waals surface area contributed by atoms with Crippen LogP contribution in [0.2, 0.25) is 0 Å². The highest BCUT2D eigenvalue weighted by atomic mass is 32.1. The maximum absolute atomic E-state index is 13.5. The van der Waals surface area contributed by atoms with Crippen LogP contribution in [0.5, 0.6) is 0 Å². The van der Waals surface area contributed by atoms with Crippen LogP contribution in [0.3, 0.4) is 0 Å². The van der Waals surface area contributed by atoms with Crippen molar-refractivity contribution in [3.63, 3.8) is 0 Å². The lowest BCUT2D eigenvalue weighted by Crippen LogP contribution is -2.45. The molecule has 27 heavy (non-hydrogen) atoms. The second-order valence-corrected chi connectivity index (χ2v) is 7.05. The smallest absolute Gasteiger partial charge is 0.413 e. The van der Waals surface area contributed by atoms with Gasteiger partial charge in [-0.1, -0.05) is 12.2 Å². The number of thiocarbonyl (C=S) groups is 1. The van der Waals surface area contributed by atoms with Crippen molar-refractivity contribution in [3.8, 4) is 0 Å². The fraction of sp³-hybridized carbons (Fsp3) is 0.625. The van der Waals surface area contributed by atoms with Gasteiger partial charge in [0.1, 0.15) is 16.6 Å². The molecule has 0 spiro atoms. The van der Waals surface area contributed by atoms with Gasteiger partial charge < -0.3 is 20.5 Å². The minimum Gasteiger partial charge on any atom is -0.465 e. The Morgan fingerprint density at radius 2 is 1.96 bits per heavy atom. The molecule has 148 valence electrons. The monoisotopic (exact) mass is 401 g/mol. The van der Waals surface area contributed by atoms with E-state index in [1.807, 2.05) is 4.90 Å². The normalized spacial score (nSPS) is 20.3. The second kappa shape index (κ2) is 7.85. The zero-order chi connectivity index (χ0) is 19.6. The number of rotatable bonds is 4. The van der Waals surface area contributed by atoms with Gasteiger partial charge in [0.25, 0.3) is 0 Å². The molecule has 2 heterocycles. The number of morpholine rings is 1. The summed E-state index contributed by atoms with van der Waals surface area (Å²) in [6.45, 7) is 2.19. The third kappa shape index (κ3) is 4.59. The SMILES string of the molecule is NC(=S)c1nc(N2CCOCC2)cc(N(C(=O)O)C2CCC(F)(F)CC2)n1. The summed E-state index contributed by atoms with van der Waals surface area (Å²) < 4.78 is 32.3. The Hall–Kier alpha value is -2.14. The number of aromatic nitrogens is 2. The molecule has 1 saturated carbocycles. The van der Waals surface area contributed by atoms with E-state index in [1.165, 1.54) is 6.07 Å². The molecular weight excluding hydrogens is 380 g/mol. The largest absolute Gasteiger partial charge is 0.465 e. The van der Waals surface area contributed by atoms with Crippen LogP contribution in [-0.2, 0) is 4.74 Å². The number of ether oxygens (including phenoxy) is 1. The first-order chi connectivity index (χ1) is 12.8. The Morgan fingerprint density at radius 1 is 1.33 bits per heavy atom. The predicted octanol–water partition coefficient (Wildman–Crippen LogP) is 2.01. The molecule has 1 aromatic rings. The van der Waals surface area contributed by atoms with Crippen molar-refractivity contribution >= 4 is 34.9 Å². The van der Waals surface area contributed by atoms with E-state index in [1.54, 1.807) is 0 Å². The molecule has 1 saturated heterocycles. The highest BCUT2D eigenvalue weighted by Gasteiger charge is 2.39. The molecule has 0 unspecified atom stereocenters. The van der Waals surface area contributed by atoms with Crippen molar-refractivity contribution in [2.75, 3.05) is 36.1 Å². The number of carbonyl (C=O) groups is 1. The molecule has 3 N–H and O–H groups in total. The van der Waals surface area contributed by atoms with Crippen LogP contribution >= 0.6 is 12.2 Å². The van der Waals surface area contributed by atoms with Gasteiger partial charge in [0.05, 0.1) is 13.2 Å². The maximum Gasteiger partial charge on any atom is 0.413 e. The summed E-state index contributed by atoms with van der Waals surface area (Å²) in [5.74, 6) is -2.12. The number of carboxylic acid groups (broad SMARTS) is 1. The summed E-state index contributed by atoms with van der Waals surface area (Å²) in [5.41, 5.74) is 5.67. The molecule has 11 heteroatoms. The molecule has 1 aliphatic carbocycles. The van der Waals surface area contributed by atoms with Crippen LogP contribution < -0.4 is 15.5 Å². The zero-order valence-electron chi connectivity index (χ0n) is 14.6. The number of nitrogens with two attached hydrogens (primary N) is 1. The number of halogens is 2. The van der Waals surface area contributed by atoms with Gasteiger partial charge in [-0.15, -0.1) is 0 Å². The van der Waals surface area contributed by atoms with E-state index in [9.17, 15) is 18.7 Å². The van der Waals surface area contributed by atoms with Crippen molar-refractivity contribution < 1.29 is 23.4 Å². The van der Waals surface area contributed by atoms with Gasteiger partial charge in [0, 0.05) is 38.0 Å². The first-order valence-corrected chi connectivity index (χ1v) is 9.09. The van der Waals surface area contributed by atoms with Gasteiger partial charge in [-0.25, -0.2) is 23.5 Å². The molecule has 0 bridgehead atoms. The molecule has 0 radical (unpaired) electrons. The molecule has 2 fully saturated rings. The van der Waals surface area contributed by atoms with Crippen LogP contribution in [0.1, 0.15) is 31.5 Å². The molecule has 0 atom stereocenters. The van der Waals surface area contributed by atoms with Crippen LogP contribution in [0.25, 0.3) is 0 Å². The molecular formula is C16H21F2N5O3S. The number of amides is 1. The molecule has 0 aromatic carbocycles. The minimum atomic E-state index is -2.75. The highest BCUT2D eigenvalue weighted by molar-refractivity contribution is 7.80. The Morgan fingerprint density at radius 3 is 2.52 bits per heavy atom. The number of anilines is 2. The van der Waals surface area contributed by atoms with Gasteiger partial charge in [0.2, 0.25) is 5.92 Å². The van der Waals surface area contributed by atoms with Gasteiger partial charge >= 0.3 is 6.09 Å². The number of hydrogen-bond acceptors (Lipinski definition) is 6. The fourth-order valence-electron chi connectivity index (χ4n) is 3.33. The lowest BCUT2D eigenvalue weighted by molar-refractivity contribution is -0.0379. The Labute approximate surface area is 160 Å². The number of alkyl halides is 2.